The molecule has 3 aliphatic heterocycles. The van der Waals surface area contributed by atoms with Gasteiger partial charge in [0.15, 0.2) is 0 Å². The van der Waals surface area contributed by atoms with Crippen LogP contribution in [0, 0.1) is 23.7 Å². The molecule has 0 spiro atoms. The monoisotopic (exact) mass is 398 g/mol. The normalized spacial score (nSPS) is 46.2. The van der Waals surface area contributed by atoms with Gasteiger partial charge in [0.1, 0.15) is 0 Å². The van der Waals surface area contributed by atoms with Crippen LogP contribution in [0.5, 0.6) is 0 Å². The van der Waals surface area contributed by atoms with Crippen molar-refractivity contribution in [3.05, 3.63) is 0 Å². The van der Waals surface area contributed by atoms with Gasteiger partial charge < -0.3 is 9.47 Å². The molecule has 4 heteroatoms. The summed E-state index contributed by atoms with van der Waals surface area (Å²) in [6, 6.07) is 0. The fourth-order valence-corrected chi connectivity index (χ4v) is 8.13. The van der Waals surface area contributed by atoms with Gasteiger partial charge in [0.2, 0.25) is 0 Å². The van der Waals surface area contributed by atoms with Gasteiger partial charge in [-0.25, -0.2) is 0 Å². The van der Waals surface area contributed by atoms with Crippen molar-refractivity contribution in [3.63, 3.8) is 0 Å². The fourth-order valence-electron chi connectivity index (χ4n) is 5.60. The van der Waals surface area contributed by atoms with E-state index < -0.39 is 0 Å². The number of fused-ring (bicyclic) bond motifs is 3. The van der Waals surface area contributed by atoms with E-state index in [1.165, 1.54) is 61.5 Å². The number of epoxide rings is 1. The average molecular weight is 399 g/mol. The molecule has 3 heterocycles. The zero-order valence-electron chi connectivity index (χ0n) is 17.2. The van der Waals surface area contributed by atoms with Crippen LogP contribution < -0.4 is 0 Å². The lowest BCUT2D eigenvalue weighted by atomic mass is 9.68. The molecule has 0 aromatic carbocycles. The number of hydrogen-bond donors (Lipinski definition) is 0. The number of thioether (sulfide) groups is 2. The van der Waals surface area contributed by atoms with Gasteiger partial charge in [0, 0.05) is 17.9 Å². The van der Waals surface area contributed by atoms with Gasteiger partial charge in [0.25, 0.3) is 0 Å². The Hall–Kier alpha value is 0.620. The van der Waals surface area contributed by atoms with E-state index >= 15 is 0 Å². The van der Waals surface area contributed by atoms with Crippen molar-refractivity contribution in [1.82, 2.24) is 0 Å². The van der Waals surface area contributed by atoms with Gasteiger partial charge >= 0.3 is 0 Å². The van der Waals surface area contributed by atoms with E-state index in [9.17, 15) is 0 Å². The van der Waals surface area contributed by atoms with Crippen LogP contribution in [0.2, 0.25) is 0 Å². The molecule has 26 heavy (non-hydrogen) atoms. The summed E-state index contributed by atoms with van der Waals surface area (Å²) in [6.45, 7) is 9.51. The molecule has 5 aliphatic rings. The third-order valence-corrected chi connectivity index (χ3v) is 10.6. The van der Waals surface area contributed by atoms with Crippen molar-refractivity contribution in [1.29, 1.82) is 0 Å². The first-order valence-corrected chi connectivity index (χ1v) is 13.2. The van der Waals surface area contributed by atoms with Crippen molar-refractivity contribution < 1.29 is 9.47 Å². The molecule has 8 unspecified atom stereocenters. The SMILES string of the molecule is CC(CSCCSCC(C)C1CCC2(C)CC1O2)C1CCC2(C)OC2C1. The quantitative estimate of drug-likeness (QED) is 0.370. The minimum absolute atomic E-state index is 0.254. The number of rotatable bonds is 9. The Morgan fingerprint density at radius 1 is 0.962 bits per heavy atom. The van der Waals surface area contributed by atoms with E-state index in [2.05, 4.69) is 51.2 Å². The second-order valence-electron chi connectivity index (χ2n) is 10.1. The first kappa shape index (κ1) is 19.9. The van der Waals surface area contributed by atoms with Crippen molar-refractivity contribution >= 4 is 23.5 Å². The summed E-state index contributed by atoms with van der Waals surface area (Å²) in [7, 11) is 0. The molecule has 0 aromatic rings. The summed E-state index contributed by atoms with van der Waals surface area (Å²) in [5.74, 6) is 8.66. The van der Waals surface area contributed by atoms with Crippen molar-refractivity contribution in [2.75, 3.05) is 23.0 Å². The second-order valence-corrected chi connectivity index (χ2v) is 12.4. The van der Waals surface area contributed by atoms with E-state index in [4.69, 9.17) is 9.47 Å². The molecular weight excluding hydrogens is 360 g/mol. The molecule has 2 aliphatic carbocycles. The lowest BCUT2D eigenvalue weighted by Gasteiger charge is -2.55. The molecule has 0 radical (unpaired) electrons. The van der Waals surface area contributed by atoms with Gasteiger partial charge in [-0.2, -0.15) is 23.5 Å². The van der Waals surface area contributed by atoms with Crippen LogP contribution in [0.1, 0.15) is 66.2 Å². The van der Waals surface area contributed by atoms with Crippen molar-refractivity contribution in [2.45, 2.75) is 89.6 Å². The lowest BCUT2D eigenvalue weighted by Crippen LogP contribution is -2.57. The Kier molecular flexibility index (Phi) is 5.97. The van der Waals surface area contributed by atoms with Crippen molar-refractivity contribution in [3.8, 4) is 0 Å². The highest BCUT2D eigenvalue weighted by molar-refractivity contribution is 8.02. The van der Waals surface area contributed by atoms with Gasteiger partial charge in [-0.15, -0.1) is 0 Å². The summed E-state index contributed by atoms with van der Waals surface area (Å²) in [6.07, 6.45) is 9.13. The molecule has 5 rings (SSSR count). The lowest BCUT2D eigenvalue weighted by molar-refractivity contribution is -0.254. The molecular formula is C22H38O2S2. The maximum absolute atomic E-state index is 6.12. The predicted octanol–water partition coefficient (Wildman–Crippen LogP) is 5.64. The fraction of sp³-hybridized carbons (Fsp3) is 1.00. The van der Waals surface area contributed by atoms with E-state index in [0.717, 1.165) is 23.7 Å². The molecule has 0 aromatic heterocycles. The molecule has 0 amide bonds. The van der Waals surface area contributed by atoms with E-state index in [1.807, 2.05) is 0 Å². The van der Waals surface area contributed by atoms with Gasteiger partial charge in [-0.1, -0.05) is 13.8 Å². The highest BCUT2D eigenvalue weighted by atomic mass is 32.2. The van der Waals surface area contributed by atoms with Crippen LogP contribution in [0.4, 0.5) is 0 Å². The Morgan fingerprint density at radius 2 is 1.65 bits per heavy atom. The predicted molar refractivity (Wildman–Crippen MR) is 114 cm³/mol. The summed E-state index contributed by atoms with van der Waals surface area (Å²) in [5, 5.41) is 0. The maximum Gasteiger partial charge on any atom is 0.0920 e. The first-order valence-electron chi connectivity index (χ1n) is 10.9. The molecule has 2 bridgehead atoms. The molecule has 2 saturated carbocycles. The largest absolute Gasteiger partial charge is 0.372 e. The van der Waals surface area contributed by atoms with Crippen LogP contribution in [-0.4, -0.2) is 46.4 Å². The summed E-state index contributed by atoms with van der Waals surface area (Å²) < 4.78 is 12.0. The topological polar surface area (TPSA) is 21.8 Å². The Morgan fingerprint density at radius 3 is 2.27 bits per heavy atom. The Bertz CT molecular complexity index is 487. The molecule has 8 atom stereocenters. The second kappa shape index (κ2) is 7.80. The first-order chi connectivity index (χ1) is 12.4. The molecule has 3 saturated heterocycles. The zero-order chi connectivity index (χ0) is 18.4. The summed E-state index contributed by atoms with van der Waals surface area (Å²) in [4.78, 5) is 0. The van der Waals surface area contributed by atoms with E-state index in [1.54, 1.807) is 0 Å². The minimum atomic E-state index is 0.254. The molecule has 5 fully saturated rings. The number of ether oxygens (including phenoxy) is 2. The number of hydrogen-bond acceptors (Lipinski definition) is 4. The van der Waals surface area contributed by atoms with E-state index in [-0.39, 0.29) is 11.2 Å². The van der Waals surface area contributed by atoms with Gasteiger partial charge in [-0.05, 0) is 81.1 Å². The van der Waals surface area contributed by atoms with Crippen molar-refractivity contribution in [2.24, 2.45) is 23.7 Å². The van der Waals surface area contributed by atoms with Gasteiger partial charge in [-0.3, -0.25) is 0 Å². The van der Waals surface area contributed by atoms with Crippen LogP contribution in [0.15, 0.2) is 0 Å². The third kappa shape index (κ3) is 4.28. The minimum Gasteiger partial charge on any atom is -0.372 e. The maximum atomic E-state index is 6.12. The highest BCUT2D eigenvalue weighted by Crippen LogP contribution is 2.51. The zero-order valence-corrected chi connectivity index (χ0v) is 18.8. The summed E-state index contributed by atoms with van der Waals surface area (Å²) in [5.41, 5.74) is 0.530. The van der Waals surface area contributed by atoms with Crippen LogP contribution in [-0.2, 0) is 9.47 Å². The molecule has 150 valence electrons. The Balaban J connectivity index is 1.04. The van der Waals surface area contributed by atoms with Crippen LogP contribution in [0.3, 0.4) is 0 Å². The van der Waals surface area contributed by atoms with Crippen LogP contribution >= 0.6 is 23.5 Å². The standard InChI is InChI=1S/C22H38O2S2/c1-15(17-5-8-22(4)20(11-17)24-22)13-25-9-10-26-14-16(2)18-6-7-21(3)12-19(18)23-21/h15-20H,5-14H2,1-4H3. The Labute approximate surface area is 169 Å². The third-order valence-electron chi connectivity index (χ3n) is 7.79. The van der Waals surface area contributed by atoms with E-state index in [0.29, 0.717) is 12.2 Å². The highest BCUT2D eigenvalue weighted by Gasteiger charge is 2.55. The van der Waals surface area contributed by atoms with Crippen LogP contribution in [0.25, 0.3) is 0 Å². The smallest absolute Gasteiger partial charge is 0.0920 e. The van der Waals surface area contributed by atoms with Gasteiger partial charge in [0.05, 0.1) is 23.4 Å². The summed E-state index contributed by atoms with van der Waals surface area (Å²) >= 11 is 4.35. The molecule has 2 nitrogen and oxygen atoms in total. The average Bonchev–Trinajstić information content (AvgIpc) is 3.27. The molecule has 0 N–H and O–H groups in total.